The van der Waals surface area contributed by atoms with E-state index >= 15 is 0 Å². The number of aliphatic imine (C=N–C) groups is 1. The molecule has 32 heavy (non-hydrogen) atoms. The summed E-state index contributed by atoms with van der Waals surface area (Å²) in [5, 5.41) is 29.3. The molecule has 2 aromatic rings. The normalized spacial score (nSPS) is 24.9. The van der Waals surface area contributed by atoms with E-state index in [9.17, 15) is 18.7 Å². The number of carbonyl (C=O) groups is 1. The lowest BCUT2D eigenvalue weighted by Gasteiger charge is -2.47. The summed E-state index contributed by atoms with van der Waals surface area (Å²) < 4.78 is 28.0. The summed E-state index contributed by atoms with van der Waals surface area (Å²) >= 11 is 0. The predicted molar refractivity (Wildman–Crippen MR) is 114 cm³/mol. The Morgan fingerprint density at radius 1 is 1.25 bits per heavy atom. The zero-order valence-corrected chi connectivity index (χ0v) is 17.0. The highest BCUT2D eigenvalue weighted by molar-refractivity contribution is 6.47. The minimum Gasteiger partial charge on any atom is -0.481 e. The van der Waals surface area contributed by atoms with Crippen LogP contribution in [-0.2, 0) is 4.79 Å². The van der Waals surface area contributed by atoms with Crippen molar-refractivity contribution >= 4 is 29.2 Å². The Bertz CT molecular complexity index is 1110. The third-order valence-electron chi connectivity index (χ3n) is 6.36. The maximum absolute atomic E-state index is 14.4. The molecule has 11 heteroatoms. The molecule has 3 fully saturated rings. The first-order chi connectivity index (χ1) is 15.3. The van der Waals surface area contributed by atoms with Crippen molar-refractivity contribution in [2.75, 3.05) is 5.73 Å². The second-order valence-electron chi connectivity index (χ2n) is 8.18. The number of aliphatic carboxylic acids is 1. The van der Waals surface area contributed by atoms with E-state index in [4.69, 9.17) is 16.6 Å². The average Bonchev–Trinajstić information content (AvgIpc) is 3.20. The highest BCUT2D eigenvalue weighted by Crippen LogP contribution is 2.45. The number of nitrogen functional groups attached to an aromatic ring is 1. The second kappa shape index (κ2) is 8.48. The molecule has 3 aliphatic carbocycles. The van der Waals surface area contributed by atoms with E-state index in [1.165, 1.54) is 12.3 Å². The van der Waals surface area contributed by atoms with Gasteiger partial charge in [-0.2, -0.15) is 0 Å². The van der Waals surface area contributed by atoms with E-state index in [-0.39, 0.29) is 34.7 Å². The molecule has 2 atom stereocenters. The SMILES string of the molecule is N=C(/N=C(/N[C@H]1C2CCC(CC2)[C@@H]1C(=O)O)c1[nH]ccc1F)C(=N)c1cc(F)cnc1N. The van der Waals surface area contributed by atoms with Crippen LogP contribution in [0.5, 0.6) is 0 Å². The van der Waals surface area contributed by atoms with Crippen molar-refractivity contribution < 1.29 is 18.7 Å². The number of nitrogens with one attached hydrogen (secondary N) is 4. The van der Waals surface area contributed by atoms with Gasteiger partial charge < -0.3 is 21.1 Å². The first-order valence-electron chi connectivity index (χ1n) is 10.3. The zero-order valence-electron chi connectivity index (χ0n) is 17.0. The molecule has 0 radical (unpaired) electrons. The molecule has 2 bridgehead atoms. The molecule has 3 aliphatic rings. The number of hydrogen-bond donors (Lipinski definition) is 6. The Kier molecular flexibility index (Phi) is 5.72. The van der Waals surface area contributed by atoms with Crippen molar-refractivity contribution in [1.29, 1.82) is 10.8 Å². The molecule has 0 amide bonds. The van der Waals surface area contributed by atoms with E-state index in [2.05, 4.69) is 20.3 Å². The molecule has 0 aromatic carbocycles. The molecule has 0 spiro atoms. The van der Waals surface area contributed by atoms with Gasteiger partial charge in [0.1, 0.15) is 23.0 Å². The molecule has 2 aromatic heterocycles. The van der Waals surface area contributed by atoms with Crippen molar-refractivity contribution in [3.05, 3.63) is 47.4 Å². The molecular formula is C21H23F2N7O2. The van der Waals surface area contributed by atoms with Crippen LogP contribution < -0.4 is 11.1 Å². The van der Waals surface area contributed by atoms with Gasteiger partial charge in [0.05, 0.1) is 12.1 Å². The molecule has 9 nitrogen and oxygen atoms in total. The van der Waals surface area contributed by atoms with E-state index < -0.39 is 41.1 Å². The number of hydrogen-bond acceptors (Lipinski definition) is 5. The van der Waals surface area contributed by atoms with Crippen LogP contribution in [0.15, 0.2) is 29.5 Å². The number of rotatable bonds is 5. The fourth-order valence-electron chi connectivity index (χ4n) is 4.81. The molecular weight excluding hydrogens is 420 g/mol. The van der Waals surface area contributed by atoms with Gasteiger partial charge in [0.15, 0.2) is 17.5 Å². The van der Waals surface area contributed by atoms with Crippen molar-refractivity contribution in [3.63, 3.8) is 0 Å². The lowest BCUT2D eigenvalue weighted by molar-refractivity contribution is -0.149. The first-order valence-corrected chi connectivity index (χ1v) is 10.3. The number of pyridine rings is 1. The van der Waals surface area contributed by atoms with Gasteiger partial charge in [-0.1, -0.05) is 0 Å². The maximum Gasteiger partial charge on any atom is 0.308 e. The molecule has 0 unspecified atom stereocenters. The summed E-state index contributed by atoms with van der Waals surface area (Å²) in [4.78, 5) is 22.4. The van der Waals surface area contributed by atoms with Gasteiger partial charge in [-0.25, -0.2) is 18.8 Å². The highest BCUT2D eigenvalue weighted by atomic mass is 19.1. The summed E-state index contributed by atoms with van der Waals surface area (Å²) in [6.45, 7) is 0. The van der Waals surface area contributed by atoms with Crippen LogP contribution in [0, 0.1) is 40.2 Å². The Balaban J connectivity index is 1.68. The molecule has 5 rings (SSSR count). The molecule has 3 saturated carbocycles. The van der Waals surface area contributed by atoms with Crippen molar-refractivity contribution in [3.8, 4) is 0 Å². The number of nitrogens with zero attached hydrogens (tertiary/aromatic N) is 2. The van der Waals surface area contributed by atoms with Crippen LogP contribution in [0.4, 0.5) is 14.6 Å². The summed E-state index contributed by atoms with van der Waals surface area (Å²) in [6.07, 6.45) is 5.61. The van der Waals surface area contributed by atoms with Gasteiger partial charge in [0, 0.05) is 17.8 Å². The lowest BCUT2D eigenvalue weighted by atomic mass is 9.61. The van der Waals surface area contributed by atoms with Crippen molar-refractivity contribution in [2.45, 2.75) is 31.7 Å². The number of carboxylic acids is 1. The summed E-state index contributed by atoms with van der Waals surface area (Å²) in [6, 6.07) is 1.65. The number of halogens is 2. The van der Waals surface area contributed by atoms with Gasteiger partial charge in [-0.05, 0) is 49.7 Å². The molecule has 0 saturated heterocycles. The Hall–Kier alpha value is -3.63. The van der Waals surface area contributed by atoms with Crippen molar-refractivity contribution in [2.24, 2.45) is 22.7 Å². The zero-order chi connectivity index (χ0) is 23.0. The quantitative estimate of drug-likeness (QED) is 0.308. The van der Waals surface area contributed by atoms with Crippen LogP contribution in [0.2, 0.25) is 0 Å². The number of aromatic nitrogens is 2. The van der Waals surface area contributed by atoms with Gasteiger partial charge in [0.25, 0.3) is 0 Å². The fourth-order valence-corrected chi connectivity index (χ4v) is 4.81. The van der Waals surface area contributed by atoms with Crippen LogP contribution >= 0.6 is 0 Å². The summed E-state index contributed by atoms with van der Waals surface area (Å²) in [7, 11) is 0. The van der Waals surface area contributed by atoms with E-state index in [1.807, 2.05) is 0 Å². The third-order valence-corrected chi connectivity index (χ3v) is 6.36. The van der Waals surface area contributed by atoms with Gasteiger partial charge in [-0.3, -0.25) is 15.6 Å². The minimum absolute atomic E-state index is 0.0145. The molecule has 0 aliphatic heterocycles. The van der Waals surface area contributed by atoms with Gasteiger partial charge in [0.2, 0.25) is 0 Å². The van der Waals surface area contributed by atoms with Crippen LogP contribution in [0.1, 0.15) is 36.9 Å². The second-order valence-corrected chi connectivity index (χ2v) is 8.18. The number of amidine groups is 2. The van der Waals surface area contributed by atoms with E-state index in [1.54, 1.807) is 0 Å². The highest BCUT2D eigenvalue weighted by Gasteiger charge is 2.47. The largest absolute Gasteiger partial charge is 0.481 e. The van der Waals surface area contributed by atoms with Crippen LogP contribution in [-0.4, -0.2) is 44.5 Å². The fraction of sp³-hybridized carbons (Fsp3) is 0.381. The monoisotopic (exact) mass is 443 g/mol. The molecule has 2 heterocycles. The number of carboxylic acid groups (broad SMARTS) is 1. The van der Waals surface area contributed by atoms with Crippen molar-refractivity contribution in [1.82, 2.24) is 15.3 Å². The third kappa shape index (κ3) is 3.97. The number of anilines is 1. The molecule has 168 valence electrons. The number of nitrogens with two attached hydrogens (primary N) is 1. The number of aromatic amines is 1. The van der Waals surface area contributed by atoms with Gasteiger partial charge >= 0.3 is 5.97 Å². The Morgan fingerprint density at radius 3 is 2.56 bits per heavy atom. The number of fused-ring (bicyclic) bond motifs is 3. The molecule has 7 N–H and O–H groups in total. The van der Waals surface area contributed by atoms with E-state index in [0.29, 0.717) is 0 Å². The minimum atomic E-state index is -0.926. The number of H-pyrrole nitrogens is 1. The Morgan fingerprint density at radius 2 is 1.94 bits per heavy atom. The maximum atomic E-state index is 14.4. The summed E-state index contributed by atoms with van der Waals surface area (Å²) in [5.74, 6) is -3.72. The topological polar surface area (TPSA) is 164 Å². The van der Waals surface area contributed by atoms with Crippen LogP contribution in [0.3, 0.4) is 0 Å². The van der Waals surface area contributed by atoms with Gasteiger partial charge in [-0.15, -0.1) is 0 Å². The summed E-state index contributed by atoms with van der Waals surface area (Å²) in [5.41, 5.74) is 5.03. The predicted octanol–water partition coefficient (Wildman–Crippen LogP) is 2.54. The average molecular weight is 443 g/mol. The smallest absolute Gasteiger partial charge is 0.308 e. The van der Waals surface area contributed by atoms with Crippen LogP contribution in [0.25, 0.3) is 0 Å². The Labute approximate surface area is 182 Å². The standard InChI is InChI=1S/C21H23F2N7O2/c22-11-7-12(18(25)28-8-11)15(24)19(26)30-20(17-13(23)5-6-27-17)29-16-10-3-1-9(2-4-10)14(16)21(31)32/h5-10,14,16,24,27H,1-4H2,(H2,25,28)(H,31,32)(H2,26,29,30)/t9?,10?,14-,16-/m0/s1. The first kappa shape index (κ1) is 21.6. The lowest BCUT2D eigenvalue weighted by Crippen LogP contribution is -2.56. The van der Waals surface area contributed by atoms with E-state index in [0.717, 1.165) is 37.9 Å².